The van der Waals surface area contributed by atoms with Crippen molar-refractivity contribution in [1.82, 2.24) is 5.32 Å². The van der Waals surface area contributed by atoms with Gasteiger partial charge in [0.05, 0.1) is 17.0 Å². The molecule has 7 nitrogen and oxygen atoms in total. The van der Waals surface area contributed by atoms with E-state index in [0.29, 0.717) is 17.2 Å². The number of rotatable bonds is 5. The SMILES string of the molecule is N[C@H]1CCCC[C@@H]1NC(=NCc1ccc(C(F)(F)F)cc1)Nc1ccc(S(N)(=O)=O)cc1. The largest absolute Gasteiger partial charge is 0.416 e. The molecule has 6 N–H and O–H groups in total. The summed E-state index contributed by atoms with van der Waals surface area (Å²) in [6.07, 6.45) is -0.559. The first kappa shape index (κ1) is 24.0. The maximum Gasteiger partial charge on any atom is 0.416 e. The first-order valence-electron chi connectivity index (χ1n) is 10.1. The van der Waals surface area contributed by atoms with Gasteiger partial charge >= 0.3 is 6.18 Å². The topological polar surface area (TPSA) is 123 Å². The van der Waals surface area contributed by atoms with E-state index in [-0.39, 0.29) is 23.5 Å². The van der Waals surface area contributed by atoms with Crippen molar-refractivity contribution in [2.24, 2.45) is 15.9 Å². The average Bonchev–Trinajstić information content (AvgIpc) is 2.73. The van der Waals surface area contributed by atoms with E-state index in [1.54, 1.807) is 12.1 Å². The Morgan fingerprint density at radius 3 is 2.22 bits per heavy atom. The standard InChI is InChI=1S/C21H26F3N5O2S/c22-21(23,24)15-7-5-14(6-8-15)13-27-20(29-19-4-2-1-3-18(19)25)28-16-9-11-17(12-10-16)32(26,30)31/h5-12,18-19H,1-4,13,25H2,(H2,26,30,31)(H2,27,28,29)/t18-,19-/m0/s1. The number of sulfonamides is 1. The molecule has 2 aromatic carbocycles. The van der Waals surface area contributed by atoms with E-state index in [4.69, 9.17) is 10.9 Å². The number of guanidine groups is 1. The highest BCUT2D eigenvalue weighted by Crippen LogP contribution is 2.29. The number of nitrogens with one attached hydrogen (secondary N) is 2. The summed E-state index contributed by atoms with van der Waals surface area (Å²) >= 11 is 0. The molecule has 1 fully saturated rings. The summed E-state index contributed by atoms with van der Waals surface area (Å²) in [4.78, 5) is 4.48. The highest BCUT2D eigenvalue weighted by Gasteiger charge is 2.30. The summed E-state index contributed by atoms with van der Waals surface area (Å²) in [7, 11) is -3.81. The van der Waals surface area contributed by atoms with Crippen LogP contribution in [0.5, 0.6) is 0 Å². The lowest BCUT2D eigenvalue weighted by molar-refractivity contribution is -0.137. The third kappa shape index (κ3) is 6.68. The number of aliphatic imine (C=N–C) groups is 1. The molecule has 0 aromatic heterocycles. The number of halogens is 3. The molecule has 1 aliphatic rings. The second-order valence-corrected chi connectivity index (χ2v) is 9.31. The van der Waals surface area contributed by atoms with Crippen LogP contribution in [-0.4, -0.2) is 26.5 Å². The summed E-state index contributed by atoms with van der Waals surface area (Å²) in [6.45, 7) is 0.144. The smallest absolute Gasteiger partial charge is 0.352 e. The van der Waals surface area contributed by atoms with Crippen molar-refractivity contribution in [1.29, 1.82) is 0 Å². The molecular weight excluding hydrogens is 443 g/mol. The first-order chi connectivity index (χ1) is 15.0. The van der Waals surface area contributed by atoms with Crippen LogP contribution in [0.4, 0.5) is 18.9 Å². The fraction of sp³-hybridized carbons (Fsp3) is 0.381. The highest BCUT2D eigenvalue weighted by molar-refractivity contribution is 7.89. The van der Waals surface area contributed by atoms with Crippen molar-refractivity contribution in [2.45, 2.75) is 55.4 Å². The summed E-state index contributed by atoms with van der Waals surface area (Å²) in [6, 6.07) is 10.6. The third-order valence-electron chi connectivity index (χ3n) is 5.29. The molecule has 0 spiro atoms. The molecule has 32 heavy (non-hydrogen) atoms. The van der Waals surface area contributed by atoms with E-state index in [1.165, 1.54) is 24.3 Å². The van der Waals surface area contributed by atoms with Crippen molar-refractivity contribution in [3.63, 3.8) is 0 Å². The van der Waals surface area contributed by atoms with Crippen LogP contribution in [0.3, 0.4) is 0 Å². The van der Waals surface area contributed by atoms with Crippen LogP contribution < -0.4 is 21.5 Å². The van der Waals surface area contributed by atoms with E-state index in [1.807, 2.05) is 0 Å². The van der Waals surface area contributed by atoms with Crippen LogP contribution in [-0.2, 0) is 22.7 Å². The number of nitrogens with two attached hydrogens (primary N) is 2. The minimum Gasteiger partial charge on any atom is -0.352 e. The van der Waals surface area contributed by atoms with Gasteiger partial charge in [0.15, 0.2) is 5.96 Å². The zero-order valence-corrected chi connectivity index (χ0v) is 18.1. The van der Waals surface area contributed by atoms with Gasteiger partial charge in [-0.15, -0.1) is 0 Å². The molecule has 11 heteroatoms. The second kappa shape index (κ2) is 9.88. The van der Waals surface area contributed by atoms with Crippen LogP contribution in [0.25, 0.3) is 0 Å². The molecule has 0 heterocycles. The second-order valence-electron chi connectivity index (χ2n) is 7.75. The maximum atomic E-state index is 12.8. The van der Waals surface area contributed by atoms with Crippen molar-refractivity contribution in [2.75, 3.05) is 5.32 Å². The number of benzene rings is 2. The summed E-state index contributed by atoms with van der Waals surface area (Å²) in [5.41, 5.74) is 6.68. The van der Waals surface area contributed by atoms with E-state index in [0.717, 1.165) is 37.8 Å². The van der Waals surface area contributed by atoms with E-state index in [9.17, 15) is 21.6 Å². The Kier molecular flexibility index (Phi) is 7.42. The van der Waals surface area contributed by atoms with E-state index in [2.05, 4.69) is 15.6 Å². The van der Waals surface area contributed by atoms with Gasteiger partial charge in [-0.2, -0.15) is 13.2 Å². The lowest BCUT2D eigenvalue weighted by atomic mass is 9.91. The normalized spacial score (nSPS) is 20.1. The van der Waals surface area contributed by atoms with E-state index >= 15 is 0 Å². The van der Waals surface area contributed by atoms with Gasteiger partial charge in [-0.25, -0.2) is 18.5 Å². The van der Waals surface area contributed by atoms with Gasteiger partial charge in [-0.05, 0) is 54.8 Å². The Morgan fingerprint density at radius 2 is 1.66 bits per heavy atom. The number of anilines is 1. The monoisotopic (exact) mass is 469 g/mol. The maximum absolute atomic E-state index is 12.8. The molecule has 2 atom stereocenters. The molecule has 0 unspecified atom stereocenters. The fourth-order valence-electron chi connectivity index (χ4n) is 3.47. The summed E-state index contributed by atoms with van der Waals surface area (Å²) in [5.74, 6) is 0.399. The number of nitrogens with zero attached hydrogens (tertiary/aromatic N) is 1. The van der Waals surface area contributed by atoms with Gasteiger partial charge in [0.2, 0.25) is 10.0 Å². The predicted octanol–water partition coefficient (Wildman–Crippen LogP) is 3.18. The van der Waals surface area contributed by atoms with Gasteiger partial charge in [0.25, 0.3) is 0 Å². The van der Waals surface area contributed by atoms with Crippen LogP contribution in [0.2, 0.25) is 0 Å². The van der Waals surface area contributed by atoms with Crippen LogP contribution in [0.1, 0.15) is 36.8 Å². The quantitative estimate of drug-likeness (QED) is 0.396. The molecule has 2 aromatic rings. The van der Waals surface area contributed by atoms with E-state index < -0.39 is 21.8 Å². The van der Waals surface area contributed by atoms with Crippen LogP contribution in [0.15, 0.2) is 58.4 Å². The fourth-order valence-corrected chi connectivity index (χ4v) is 3.99. The molecular formula is C21H26F3N5O2S. The van der Waals surface area contributed by atoms with Crippen molar-refractivity contribution < 1.29 is 21.6 Å². The van der Waals surface area contributed by atoms with Gasteiger partial charge in [-0.3, -0.25) is 0 Å². The minimum atomic E-state index is -4.39. The Balaban J connectivity index is 1.78. The van der Waals surface area contributed by atoms with Crippen LogP contribution >= 0.6 is 0 Å². The Morgan fingerprint density at radius 1 is 1.03 bits per heavy atom. The Bertz CT molecular complexity index is 1040. The lowest BCUT2D eigenvalue weighted by Gasteiger charge is -2.30. The number of primary sulfonamides is 1. The molecule has 0 aliphatic heterocycles. The van der Waals surface area contributed by atoms with Gasteiger partial charge in [0.1, 0.15) is 0 Å². The van der Waals surface area contributed by atoms with Crippen molar-refractivity contribution >= 4 is 21.7 Å². The molecule has 3 rings (SSSR count). The molecule has 174 valence electrons. The highest BCUT2D eigenvalue weighted by atomic mass is 32.2. The Labute approximate surface area is 185 Å². The molecule has 1 saturated carbocycles. The minimum absolute atomic E-state index is 0.00806. The summed E-state index contributed by atoms with van der Waals surface area (Å²) in [5, 5.41) is 11.5. The third-order valence-corrected chi connectivity index (χ3v) is 6.22. The zero-order valence-electron chi connectivity index (χ0n) is 17.3. The van der Waals surface area contributed by atoms with Crippen molar-refractivity contribution in [3.8, 4) is 0 Å². The molecule has 1 aliphatic carbocycles. The van der Waals surface area contributed by atoms with Crippen molar-refractivity contribution in [3.05, 3.63) is 59.7 Å². The number of hydrogen-bond donors (Lipinski definition) is 4. The predicted molar refractivity (Wildman–Crippen MR) is 117 cm³/mol. The number of alkyl halides is 3. The van der Waals surface area contributed by atoms with Gasteiger partial charge in [-0.1, -0.05) is 25.0 Å². The summed E-state index contributed by atoms with van der Waals surface area (Å²) < 4.78 is 61.2. The zero-order chi connectivity index (χ0) is 23.4. The lowest BCUT2D eigenvalue weighted by Crippen LogP contribution is -2.51. The van der Waals surface area contributed by atoms with Gasteiger partial charge in [0, 0.05) is 17.8 Å². The molecule has 0 saturated heterocycles. The molecule has 0 bridgehead atoms. The first-order valence-corrected chi connectivity index (χ1v) is 11.7. The van der Waals surface area contributed by atoms with Crippen LogP contribution in [0, 0.1) is 0 Å². The Hall–Kier alpha value is -2.63. The van der Waals surface area contributed by atoms with Gasteiger partial charge < -0.3 is 16.4 Å². The molecule has 0 radical (unpaired) electrons. The molecule has 0 amide bonds. The number of hydrogen-bond acceptors (Lipinski definition) is 4. The average molecular weight is 470 g/mol.